The van der Waals surface area contributed by atoms with Gasteiger partial charge < -0.3 is 74.4 Å². The van der Waals surface area contributed by atoms with Crippen LogP contribution in [0.2, 0.25) is 0 Å². The molecule has 71 heavy (non-hydrogen) atoms. The number of aromatic nitrogens is 4. The number of aliphatic hydroxyl groups excluding tert-OH is 5. The molecule has 2 aliphatic carbocycles. The third kappa shape index (κ3) is 15.4. The second-order valence-electron chi connectivity index (χ2n) is 19.2. The average molecular weight is 1010 g/mol. The lowest BCUT2D eigenvalue weighted by Crippen LogP contribution is -2.67. The van der Waals surface area contributed by atoms with Crippen molar-refractivity contribution in [1.29, 1.82) is 0 Å². The molecule has 23 heteroatoms. The molecule has 398 valence electrons. The van der Waals surface area contributed by atoms with Gasteiger partial charge in [-0.15, -0.1) is 5.10 Å². The maximum Gasteiger partial charge on any atom is 0.332 e. The van der Waals surface area contributed by atoms with Crippen LogP contribution in [0.4, 0.5) is 0 Å². The van der Waals surface area contributed by atoms with Gasteiger partial charge in [0.25, 0.3) is 5.91 Å². The highest BCUT2D eigenvalue weighted by Crippen LogP contribution is 2.40. The van der Waals surface area contributed by atoms with E-state index in [0.717, 1.165) is 38.5 Å². The van der Waals surface area contributed by atoms with Gasteiger partial charge in [0.1, 0.15) is 60.7 Å². The van der Waals surface area contributed by atoms with Crippen molar-refractivity contribution in [1.82, 2.24) is 30.6 Å². The summed E-state index contributed by atoms with van der Waals surface area (Å²) in [5.41, 5.74) is 0.900. The lowest BCUT2D eigenvalue weighted by molar-refractivity contribution is -0.338. The minimum absolute atomic E-state index is 0.0206. The maximum atomic E-state index is 14.1. The fraction of sp³-hybridized carbons (Fsp3) is 0.771. The smallest absolute Gasteiger partial charge is 0.332 e. The third-order valence-electron chi connectivity index (χ3n) is 14.0. The molecule has 15 atom stereocenters. The number of methoxy groups -OCH3 is 1. The van der Waals surface area contributed by atoms with E-state index in [1.54, 1.807) is 30.1 Å². The Morgan fingerprint density at radius 2 is 1.72 bits per heavy atom. The number of carbonyl (C=O) groups is 4. The van der Waals surface area contributed by atoms with Crippen LogP contribution >= 0.6 is 0 Å². The highest BCUT2D eigenvalue weighted by Gasteiger charge is 2.53. The van der Waals surface area contributed by atoms with Crippen LogP contribution in [0.3, 0.4) is 0 Å². The number of carbonyl (C=O) groups excluding carboxylic acids is 3. The number of ketones is 1. The summed E-state index contributed by atoms with van der Waals surface area (Å²) >= 11 is 0. The Hall–Kier alpha value is -4.27. The van der Waals surface area contributed by atoms with Gasteiger partial charge >= 0.3 is 5.97 Å². The topological polar surface area (TPSA) is 322 Å². The van der Waals surface area contributed by atoms with Gasteiger partial charge in [-0.2, -0.15) is 0 Å². The van der Waals surface area contributed by atoms with Crippen molar-refractivity contribution in [2.45, 2.75) is 191 Å². The zero-order chi connectivity index (χ0) is 51.2. The molecule has 2 aromatic rings. The van der Waals surface area contributed by atoms with E-state index in [4.69, 9.17) is 33.2 Å². The van der Waals surface area contributed by atoms with Crippen LogP contribution < -0.4 is 15.4 Å². The van der Waals surface area contributed by atoms with E-state index in [-0.39, 0.29) is 49.7 Å². The number of hydrogen-bond donors (Lipinski definition) is 8. The summed E-state index contributed by atoms with van der Waals surface area (Å²) in [4.78, 5) is 56.9. The number of ether oxygens (including phenoxy) is 7. The molecule has 2 saturated carbocycles. The maximum absolute atomic E-state index is 14.1. The average Bonchev–Trinajstić information content (AvgIpc) is 3.82. The Kier molecular flexibility index (Phi) is 21.4. The molecule has 0 radical (unpaired) electrons. The second kappa shape index (κ2) is 27.1. The predicted molar refractivity (Wildman–Crippen MR) is 247 cm³/mol. The number of carboxylic acids is 1. The molecular weight excluding hydrogens is 933 g/mol. The van der Waals surface area contributed by atoms with E-state index in [2.05, 4.69) is 25.9 Å². The van der Waals surface area contributed by atoms with Crippen LogP contribution in [0.5, 0.6) is 5.88 Å². The number of pyridine rings is 1. The monoisotopic (exact) mass is 1010 g/mol. The molecule has 4 aliphatic rings. The molecule has 2 aliphatic heterocycles. The van der Waals surface area contributed by atoms with E-state index in [1.165, 1.54) is 20.0 Å². The summed E-state index contributed by atoms with van der Waals surface area (Å²) in [6.45, 7) is 5.45. The number of aliphatic carboxylic acids is 1. The lowest BCUT2D eigenvalue weighted by atomic mass is 9.74. The lowest BCUT2D eigenvalue weighted by Gasteiger charge is -2.49. The van der Waals surface area contributed by atoms with Crippen molar-refractivity contribution >= 4 is 23.6 Å². The summed E-state index contributed by atoms with van der Waals surface area (Å²) in [5.74, 6) is -3.07. The fourth-order valence-electron chi connectivity index (χ4n) is 10.0. The normalized spacial score (nSPS) is 31.9. The van der Waals surface area contributed by atoms with Crippen LogP contribution in [0.25, 0.3) is 0 Å². The first-order valence-electron chi connectivity index (χ1n) is 25.0. The van der Waals surface area contributed by atoms with Gasteiger partial charge in [-0.05, 0) is 56.9 Å². The number of rotatable bonds is 25. The van der Waals surface area contributed by atoms with Crippen molar-refractivity contribution in [2.24, 2.45) is 17.8 Å². The quantitative estimate of drug-likeness (QED) is 0.0638. The van der Waals surface area contributed by atoms with Gasteiger partial charge in [0.2, 0.25) is 11.8 Å². The molecule has 6 rings (SSSR count). The van der Waals surface area contributed by atoms with Crippen molar-refractivity contribution in [3.8, 4) is 5.88 Å². The van der Waals surface area contributed by atoms with Crippen molar-refractivity contribution in [2.75, 3.05) is 26.9 Å². The molecule has 0 spiro atoms. The highest BCUT2D eigenvalue weighted by atomic mass is 16.7. The molecule has 4 fully saturated rings. The number of amides is 2. The minimum atomic E-state index is -1.67. The number of aryl methyl sites for hydroxylation is 1. The van der Waals surface area contributed by atoms with Gasteiger partial charge in [-0.25, -0.2) is 9.78 Å². The van der Waals surface area contributed by atoms with Crippen LogP contribution in [-0.2, 0) is 56.0 Å². The largest absolute Gasteiger partial charge is 0.479 e. The SMILES string of the molecule is CCC1CC(C(=O)CCCNC(=O)c2ccc(OCc3cn(CCCOC)nn3)nc2)C[C@@H](O[C@@H]2O[C@@H](CO)[C@H](O)C(O[C@@H](CC3CCCCC3)C(=O)O)C2NC(C)=O)[C@@H]1O[C@@H]1OC(C)[C@@H](O)[C@H](O)C1O. The number of hydrogen-bond acceptors (Lipinski definition) is 19. The number of carboxylic acid groups (broad SMARTS) is 1. The molecule has 4 heterocycles. The summed E-state index contributed by atoms with van der Waals surface area (Å²) < 4.78 is 43.8. The molecule has 2 amide bonds. The van der Waals surface area contributed by atoms with Crippen molar-refractivity contribution < 1.29 is 83.0 Å². The van der Waals surface area contributed by atoms with Gasteiger partial charge in [0.15, 0.2) is 18.7 Å². The molecule has 2 saturated heterocycles. The molecule has 6 unspecified atom stereocenters. The minimum Gasteiger partial charge on any atom is -0.479 e. The molecule has 2 aromatic heterocycles. The molecule has 0 aromatic carbocycles. The summed E-state index contributed by atoms with van der Waals surface area (Å²) in [5, 5.41) is 78.1. The number of nitrogens with one attached hydrogen (secondary N) is 2. The van der Waals surface area contributed by atoms with Crippen LogP contribution in [0.15, 0.2) is 24.5 Å². The first kappa shape index (κ1) is 56.0. The third-order valence-corrected chi connectivity index (χ3v) is 14.0. The zero-order valence-electron chi connectivity index (χ0n) is 41.0. The van der Waals surface area contributed by atoms with Gasteiger partial charge in [0, 0.05) is 58.3 Å². The highest BCUT2D eigenvalue weighted by molar-refractivity contribution is 5.93. The zero-order valence-corrected chi connectivity index (χ0v) is 41.0. The number of nitrogens with zero attached hydrogens (tertiary/aromatic N) is 4. The predicted octanol–water partition coefficient (Wildman–Crippen LogP) is 0.793. The van der Waals surface area contributed by atoms with E-state index in [0.29, 0.717) is 44.0 Å². The summed E-state index contributed by atoms with van der Waals surface area (Å²) in [7, 11) is 1.64. The van der Waals surface area contributed by atoms with Gasteiger partial charge in [0.05, 0.1) is 36.7 Å². The van der Waals surface area contributed by atoms with Gasteiger partial charge in [-0.1, -0.05) is 50.7 Å². The fourth-order valence-corrected chi connectivity index (χ4v) is 10.0. The van der Waals surface area contributed by atoms with Crippen LogP contribution in [0, 0.1) is 17.8 Å². The van der Waals surface area contributed by atoms with E-state index in [9.17, 15) is 49.8 Å². The van der Waals surface area contributed by atoms with E-state index in [1.807, 2.05) is 6.92 Å². The van der Waals surface area contributed by atoms with Crippen molar-refractivity contribution in [3.05, 3.63) is 35.8 Å². The number of Topliss-reactive ketones (excluding diaryl/α,β-unsaturated/α-hetero) is 1. The Bertz CT molecular complexity index is 1990. The molecular formula is C48H74N6O17. The second-order valence-corrected chi connectivity index (χ2v) is 19.2. The van der Waals surface area contributed by atoms with E-state index >= 15 is 0 Å². The molecule has 0 bridgehead atoms. The summed E-state index contributed by atoms with van der Waals surface area (Å²) in [6, 6.07) is 1.82. The van der Waals surface area contributed by atoms with Crippen molar-refractivity contribution in [3.63, 3.8) is 0 Å². The molecule has 8 N–H and O–H groups in total. The van der Waals surface area contributed by atoms with E-state index < -0.39 is 116 Å². The number of aliphatic hydroxyl groups is 5. The Morgan fingerprint density at radius 1 is 0.944 bits per heavy atom. The standard InChI is InChI=1S/C48H74N6O17/c1-5-29-20-31(33(57)13-9-16-49-45(62)30-14-15-37(50-22-30)66-25-32-23-54(53-52-32)17-10-18-65-4)21-34(43(29)71-48-42(61)41(60)39(58)26(2)67-48)69-47-38(51-27(3)56)44(40(59)36(24-55)70-47)68-35(46(63)64)19-28-11-7-6-8-12-28/h14-15,22-23,26,28-29,31,34-36,38-44,47-48,55,58-61H,5-13,16-21,24-25H2,1-4H3,(H,49,62)(H,51,56)(H,63,64)/t26?,29?,31?,34-,35+,36+,38?,39-,40+,41+,42?,43-,44?,47-,48+/m1/s1. The van der Waals surface area contributed by atoms with Crippen LogP contribution in [0.1, 0.15) is 114 Å². The van der Waals surface area contributed by atoms with Gasteiger partial charge in [-0.3, -0.25) is 19.1 Å². The first-order chi connectivity index (χ1) is 34.1. The van der Waals surface area contributed by atoms with Crippen LogP contribution in [-0.4, -0.2) is 181 Å². The molecule has 23 nitrogen and oxygen atoms in total. The Balaban J connectivity index is 1.13. The summed E-state index contributed by atoms with van der Waals surface area (Å²) in [6.07, 6.45) is -6.48. The first-order valence-corrected chi connectivity index (χ1v) is 25.0. The Labute approximate surface area is 413 Å². The Morgan fingerprint density at radius 3 is 2.39 bits per heavy atom.